The second-order valence-corrected chi connectivity index (χ2v) is 12.0. The van der Waals surface area contributed by atoms with Crippen LogP contribution in [0.5, 0.6) is 0 Å². The van der Waals surface area contributed by atoms with Gasteiger partial charge in [-0.3, -0.25) is 4.79 Å². The smallest absolute Gasteiger partial charge is 0.225 e. The molecule has 0 aliphatic heterocycles. The van der Waals surface area contributed by atoms with Crippen LogP contribution in [0.4, 0.5) is 0 Å². The third kappa shape index (κ3) is 23.0. The predicted octanol–water partition coefficient (Wildman–Crippen LogP) is 9.06. The number of hydrogen-bond donors (Lipinski definition) is 2. The lowest BCUT2D eigenvalue weighted by Crippen LogP contribution is -2.42. The number of nitrogens with zero attached hydrogens (tertiary/aromatic N) is 1. The summed E-state index contributed by atoms with van der Waals surface area (Å²) >= 11 is 0. The molecule has 4 heteroatoms. The molecule has 0 radical (unpaired) electrons. The number of amides is 1. The van der Waals surface area contributed by atoms with Crippen molar-refractivity contribution in [3.05, 3.63) is 0 Å². The minimum Gasteiger partial charge on any atom is -0.394 e. The van der Waals surface area contributed by atoms with Crippen molar-refractivity contribution in [2.45, 2.75) is 175 Å². The van der Waals surface area contributed by atoms with Crippen LogP contribution in [0.2, 0.25) is 0 Å². The van der Waals surface area contributed by atoms with Gasteiger partial charge < -0.3 is 15.1 Å². The Morgan fingerprint density at radius 3 is 1.46 bits per heavy atom. The van der Waals surface area contributed by atoms with Gasteiger partial charge in [-0.1, -0.05) is 156 Å². The van der Waals surface area contributed by atoms with Gasteiger partial charge in [-0.05, 0) is 18.8 Å². The Bertz CT molecular complexity index is 484. The van der Waals surface area contributed by atoms with Gasteiger partial charge in [0, 0.05) is 19.0 Å². The van der Waals surface area contributed by atoms with E-state index in [0.29, 0.717) is 12.5 Å². The van der Waals surface area contributed by atoms with Crippen LogP contribution in [0.15, 0.2) is 0 Å². The Balaban J connectivity index is 4.10. The second-order valence-electron chi connectivity index (χ2n) is 12.0. The van der Waals surface area contributed by atoms with Crippen LogP contribution in [-0.4, -0.2) is 46.8 Å². The fraction of sp³-hybridized carbons (Fsp3) is 0.970. The van der Waals surface area contributed by atoms with Crippen LogP contribution in [0.25, 0.3) is 0 Å². The molecule has 222 valence electrons. The molecular formula is C33H67NO3. The zero-order valence-electron chi connectivity index (χ0n) is 25.7. The summed E-state index contributed by atoms with van der Waals surface area (Å²) in [7, 11) is 0. The van der Waals surface area contributed by atoms with Gasteiger partial charge in [0.15, 0.2) is 0 Å². The Kier molecular flexibility index (Phi) is 26.5. The minimum absolute atomic E-state index is 0.00654. The molecule has 0 aliphatic rings. The number of hydrogen-bond acceptors (Lipinski definition) is 3. The maximum atomic E-state index is 13.1. The summed E-state index contributed by atoms with van der Waals surface area (Å²) in [6.07, 6.45) is 27.6. The summed E-state index contributed by atoms with van der Waals surface area (Å²) in [5.41, 5.74) is 0. The normalized spacial score (nSPS) is 14.0. The molecule has 0 aromatic carbocycles. The third-order valence-electron chi connectivity index (χ3n) is 8.06. The van der Waals surface area contributed by atoms with Crippen molar-refractivity contribution in [1.29, 1.82) is 0 Å². The lowest BCUT2D eigenvalue weighted by Gasteiger charge is -2.28. The van der Waals surface area contributed by atoms with E-state index in [1.165, 1.54) is 122 Å². The van der Waals surface area contributed by atoms with Gasteiger partial charge in [0.05, 0.1) is 12.7 Å². The van der Waals surface area contributed by atoms with Crippen molar-refractivity contribution in [2.24, 2.45) is 11.8 Å². The van der Waals surface area contributed by atoms with Crippen molar-refractivity contribution in [2.75, 3.05) is 19.7 Å². The topological polar surface area (TPSA) is 60.8 Å². The van der Waals surface area contributed by atoms with Crippen LogP contribution >= 0.6 is 0 Å². The van der Waals surface area contributed by atoms with E-state index in [9.17, 15) is 15.0 Å². The van der Waals surface area contributed by atoms with E-state index in [1.54, 1.807) is 0 Å². The van der Waals surface area contributed by atoms with E-state index in [2.05, 4.69) is 20.8 Å². The number of rotatable bonds is 28. The molecule has 3 unspecified atom stereocenters. The zero-order chi connectivity index (χ0) is 27.6. The first-order valence-corrected chi connectivity index (χ1v) is 16.5. The highest BCUT2D eigenvalue weighted by Gasteiger charge is 2.22. The van der Waals surface area contributed by atoms with Gasteiger partial charge >= 0.3 is 0 Å². The summed E-state index contributed by atoms with van der Waals surface area (Å²) in [6.45, 7) is 9.52. The lowest BCUT2D eigenvalue weighted by molar-refractivity contribution is -0.137. The molecular weight excluding hydrogens is 458 g/mol. The molecule has 37 heavy (non-hydrogen) atoms. The highest BCUT2D eigenvalue weighted by molar-refractivity contribution is 5.78. The van der Waals surface area contributed by atoms with E-state index >= 15 is 0 Å². The Morgan fingerprint density at radius 1 is 0.622 bits per heavy atom. The summed E-state index contributed by atoms with van der Waals surface area (Å²) in [6, 6.07) is 0. The van der Waals surface area contributed by atoms with Crippen LogP contribution in [0.1, 0.15) is 169 Å². The molecule has 0 saturated carbocycles. The van der Waals surface area contributed by atoms with Crippen molar-refractivity contribution in [3.8, 4) is 0 Å². The first kappa shape index (κ1) is 36.4. The molecule has 0 aromatic rings. The van der Waals surface area contributed by atoms with Crippen molar-refractivity contribution >= 4 is 5.91 Å². The van der Waals surface area contributed by atoms with E-state index < -0.39 is 6.10 Å². The number of unbranched alkanes of at least 4 members (excludes halogenated alkanes) is 17. The minimum atomic E-state index is -0.846. The average molecular weight is 526 g/mol. The van der Waals surface area contributed by atoms with Crippen LogP contribution in [0.3, 0.4) is 0 Å². The Hall–Kier alpha value is -0.610. The first-order chi connectivity index (χ1) is 18.0. The molecule has 0 rings (SSSR count). The highest BCUT2D eigenvalue weighted by Crippen LogP contribution is 2.19. The Labute approximate surface area is 232 Å². The molecule has 0 aliphatic carbocycles. The molecule has 3 atom stereocenters. The number of carbonyl (C=O) groups is 1. The van der Waals surface area contributed by atoms with Gasteiger partial charge in [-0.2, -0.15) is 0 Å². The van der Waals surface area contributed by atoms with E-state index in [1.807, 2.05) is 11.8 Å². The fourth-order valence-electron chi connectivity index (χ4n) is 5.30. The van der Waals surface area contributed by atoms with Crippen LogP contribution in [0, 0.1) is 11.8 Å². The highest BCUT2D eigenvalue weighted by atomic mass is 16.3. The predicted molar refractivity (Wildman–Crippen MR) is 161 cm³/mol. The van der Waals surface area contributed by atoms with Crippen molar-refractivity contribution in [3.63, 3.8) is 0 Å². The number of aliphatic hydroxyl groups is 2. The summed E-state index contributed by atoms with van der Waals surface area (Å²) in [5, 5.41) is 19.4. The monoisotopic (exact) mass is 526 g/mol. The lowest BCUT2D eigenvalue weighted by atomic mass is 9.97. The van der Waals surface area contributed by atoms with Gasteiger partial charge in [-0.15, -0.1) is 0 Å². The number of carbonyl (C=O) groups excluding carboxylic acids is 1. The molecule has 2 N–H and O–H groups in total. The summed E-state index contributed by atoms with van der Waals surface area (Å²) < 4.78 is 0. The standard InChI is InChI=1S/C33H67NO3/c1-5-7-9-11-13-15-16-17-18-20-22-24-30(3)26-27-34(28-32(36)29-35)33(37)31(4)25-23-21-19-14-12-10-8-6-2/h30-32,35-36H,5-29H2,1-4H3. The van der Waals surface area contributed by atoms with E-state index in [-0.39, 0.29) is 25.0 Å². The molecule has 0 fully saturated rings. The van der Waals surface area contributed by atoms with Crippen LogP contribution in [-0.2, 0) is 4.79 Å². The number of aliphatic hydroxyl groups excluding tert-OH is 2. The third-order valence-corrected chi connectivity index (χ3v) is 8.06. The molecule has 4 nitrogen and oxygen atoms in total. The van der Waals surface area contributed by atoms with Gasteiger partial charge in [0.1, 0.15) is 0 Å². The molecule has 0 heterocycles. The Morgan fingerprint density at radius 2 is 1.03 bits per heavy atom. The average Bonchev–Trinajstić information content (AvgIpc) is 2.90. The second kappa shape index (κ2) is 27.0. The molecule has 1 amide bonds. The van der Waals surface area contributed by atoms with Gasteiger partial charge in [0.2, 0.25) is 5.91 Å². The zero-order valence-corrected chi connectivity index (χ0v) is 25.7. The van der Waals surface area contributed by atoms with Crippen molar-refractivity contribution < 1.29 is 15.0 Å². The van der Waals surface area contributed by atoms with E-state index in [4.69, 9.17) is 0 Å². The van der Waals surface area contributed by atoms with E-state index in [0.717, 1.165) is 19.3 Å². The molecule has 0 spiro atoms. The molecule has 0 saturated heterocycles. The quantitative estimate of drug-likeness (QED) is 0.100. The van der Waals surface area contributed by atoms with Gasteiger partial charge in [0.25, 0.3) is 0 Å². The van der Waals surface area contributed by atoms with Crippen molar-refractivity contribution in [1.82, 2.24) is 4.90 Å². The molecule has 0 aromatic heterocycles. The summed E-state index contributed by atoms with van der Waals surface area (Å²) in [4.78, 5) is 15.0. The fourth-order valence-corrected chi connectivity index (χ4v) is 5.30. The van der Waals surface area contributed by atoms with Gasteiger partial charge in [-0.25, -0.2) is 0 Å². The maximum absolute atomic E-state index is 13.1. The van der Waals surface area contributed by atoms with Crippen LogP contribution < -0.4 is 0 Å². The largest absolute Gasteiger partial charge is 0.394 e. The SMILES string of the molecule is CCCCCCCCCCCCCC(C)CCN(CC(O)CO)C(=O)C(C)CCCCCCCCCC. The first-order valence-electron chi connectivity index (χ1n) is 16.5. The summed E-state index contributed by atoms with van der Waals surface area (Å²) in [5.74, 6) is 0.730. The maximum Gasteiger partial charge on any atom is 0.225 e. The molecule has 0 bridgehead atoms.